The molecule has 1 heterocycles. The maximum atomic E-state index is 12.6. The molecule has 0 aliphatic carbocycles. The molecule has 0 bridgehead atoms. The molecule has 3 aromatic rings. The summed E-state index contributed by atoms with van der Waals surface area (Å²) in [5.41, 5.74) is 1.33. The fourth-order valence-corrected chi connectivity index (χ4v) is 2.93. The van der Waals surface area contributed by atoms with Crippen molar-refractivity contribution in [3.63, 3.8) is 0 Å². The molecule has 0 aliphatic rings. The van der Waals surface area contributed by atoms with Gasteiger partial charge in [-0.2, -0.15) is 13.8 Å². The summed E-state index contributed by atoms with van der Waals surface area (Å²) in [6, 6.07) is 13.8. The minimum atomic E-state index is -2.89. The number of nitrogens with one attached hydrogen (secondary N) is 2. The standard InChI is InChI=1S/C21H22ClF2N5O2/c1-2-25-21(27-13-15-6-3-4-9-17(15)30-20(23)24)26-11-10-18-28-19(29-31-18)14-7-5-8-16(22)12-14/h3-9,12,20H,2,10-11,13H2,1H3,(H2,25,26,27). The number of hydrogen-bond acceptors (Lipinski definition) is 5. The summed E-state index contributed by atoms with van der Waals surface area (Å²) in [6.45, 7) is 0.346. The van der Waals surface area contributed by atoms with Crippen LogP contribution < -0.4 is 15.4 Å². The van der Waals surface area contributed by atoms with Crippen LogP contribution in [0.2, 0.25) is 5.02 Å². The monoisotopic (exact) mass is 449 g/mol. The third-order valence-corrected chi connectivity index (χ3v) is 4.36. The lowest BCUT2D eigenvalue weighted by atomic mass is 10.2. The van der Waals surface area contributed by atoms with Gasteiger partial charge in [0.25, 0.3) is 0 Å². The number of halogens is 3. The number of alkyl halides is 2. The predicted molar refractivity (Wildman–Crippen MR) is 114 cm³/mol. The van der Waals surface area contributed by atoms with Crippen LogP contribution in [0.15, 0.2) is 58.0 Å². The highest BCUT2D eigenvalue weighted by Gasteiger charge is 2.11. The van der Waals surface area contributed by atoms with Gasteiger partial charge in [0.15, 0.2) is 5.96 Å². The fourth-order valence-electron chi connectivity index (χ4n) is 2.74. The Morgan fingerprint density at radius 3 is 2.81 bits per heavy atom. The number of guanidine groups is 1. The van der Waals surface area contributed by atoms with Gasteiger partial charge in [0.05, 0.1) is 6.54 Å². The van der Waals surface area contributed by atoms with Crippen LogP contribution in [0.3, 0.4) is 0 Å². The number of benzene rings is 2. The SMILES string of the molecule is CCNC(=NCc1ccccc1OC(F)F)NCCc1nc(-c2cccc(Cl)c2)no1. The quantitative estimate of drug-likeness (QED) is 0.374. The summed E-state index contributed by atoms with van der Waals surface area (Å²) < 4.78 is 35.0. The number of ether oxygens (including phenoxy) is 1. The van der Waals surface area contributed by atoms with Crippen molar-refractivity contribution >= 4 is 17.6 Å². The molecular formula is C21H22ClF2N5O2. The summed E-state index contributed by atoms with van der Waals surface area (Å²) in [7, 11) is 0. The van der Waals surface area contributed by atoms with E-state index < -0.39 is 6.61 Å². The second-order valence-corrected chi connectivity index (χ2v) is 6.82. The number of nitrogens with zero attached hydrogens (tertiary/aromatic N) is 3. The minimum Gasteiger partial charge on any atom is -0.434 e. The molecule has 0 atom stereocenters. The zero-order valence-electron chi connectivity index (χ0n) is 16.8. The Bertz CT molecular complexity index is 1010. The third kappa shape index (κ3) is 6.92. The van der Waals surface area contributed by atoms with Crippen LogP contribution in [0.25, 0.3) is 11.4 Å². The fraction of sp³-hybridized carbons (Fsp3) is 0.286. The van der Waals surface area contributed by atoms with Gasteiger partial charge in [-0.05, 0) is 25.1 Å². The summed E-state index contributed by atoms with van der Waals surface area (Å²) >= 11 is 6.00. The maximum Gasteiger partial charge on any atom is 0.387 e. The number of para-hydroxylation sites is 1. The first kappa shape index (κ1) is 22.5. The van der Waals surface area contributed by atoms with E-state index in [-0.39, 0.29) is 12.3 Å². The van der Waals surface area contributed by atoms with E-state index in [1.807, 2.05) is 19.1 Å². The van der Waals surface area contributed by atoms with Crippen molar-refractivity contribution in [3.8, 4) is 17.1 Å². The van der Waals surface area contributed by atoms with E-state index in [1.165, 1.54) is 6.07 Å². The zero-order chi connectivity index (χ0) is 22.1. The van der Waals surface area contributed by atoms with Crippen LogP contribution in [-0.2, 0) is 13.0 Å². The predicted octanol–water partition coefficient (Wildman–Crippen LogP) is 4.29. The molecular weight excluding hydrogens is 428 g/mol. The zero-order valence-corrected chi connectivity index (χ0v) is 17.6. The lowest BCUT2D eigenvalue weighted by Gasteiger charge is -2.12. The minimum absolute atomic E-state index is 0.108. The Hall–Kier alpha value is -3.20. The molecule has 0 radical (unpaired) electrons. The van der Waals surface area contributed by atoms with Gasteiger partial charge in [-0.3, -0.25) is 0 Å². The Balaban J connectivity index is 1.58. The first-order valence-corrected chi connectivity index (χ1v) is 10.1. The van der Waals surface area contributed by atoms with Crippen LogP contribution in [0.1, 0.15) is 18.4 Å². The van der Waals surface area contributed by atoms with Crippen molar-refractivity contribution < 1.29 is 18.0 Å². The van der Waals surface area contributed by atoms with E-state index in [4.69, 9.17) is 16.1 Å². The van der Waals surface area contributed by atoms with Crippen molar-refractivity contribution in [1.29, 1.82) is 0 Å². The molecule has 3 rings (SSSR count). The van der Waals surface area contributed by atoms with Gasteiger partial charge in [-0.1, -0.05) is 47.1 Å². The molecule has 0 saturated carbocycles. The van der Waals surface area contributed by atoms with Gasteiger partial charge in [0.2, 0.25) is 11.7 Å². The molecule has 0 amide bonds. The van der Waals surface area contributed by atoms with E-state index in [1.54, 1.807) is 30.3 Å². The summed E-state index contributed by atoms with van der Waals surface area (Å²) in [5.74, 6) is 1.57. The number of hydrogen-bond donors (Lipinski definition) is 2. The molecule has 0 spiro atoms. The molecule has 31 heavy (non-hydrogen) atoms. The second-order valence-electron chi connectivity index (χ2n) is 6.38. The van der Waals surface area contributed by atoms with E-state index in [0.29, 0.717) is 47.8 Å². The molecule has 2 aromatic carbocycles. The van der Waals surface area contributed by atoms with Crippen molar-refractivity contribution in [2.75, 3.05) is 13.1 Å². The van der Waals surface area contributed by atoms with Crippen molar-refractivity contribution in [1.82, 2.24) is 20.8 Å². The number of aromatic nitrogens is 2. The van der Waals surface area contributed by atoms with Gasteiger partial charge >= 0.3 is 6.61 Å². The molecule has 164 valence electrons. The highest BCUT2D eigenvalue weighted by Crippen LogP contribution is 2.21. The molecule has 7 nitrogen and oxygen atoms in total. The maximum absolute atomic E-state index is 12.6. The van der Waals surface area contributed by atoms with Crippen molar-refractivity contribution in [2.24, 2.45) is 4.99 Å². The first-order valence-electron chi connectivity index (χ1n) is 9.68. The Labute approximate surface area is 183 Å². The lowest BCUT2D eigenvalue weighted by molar-refractivity contribution is -0.0504. The third-order valence-electron chi connectivity index (χ3n) is 4.12. The van der Waals surface area contributed by atoms with Gasteiger partial charge < -0.3 is 19.9 Å². The molecule has 0 aliphatic heterocycles. The van der Waals surface area contributed by atoms with Gasteiger partial charge in [0.1, 0.15) is 5.75 Å². The smallest absolute Gasteiger partial charge is 0.387 e. The molecule has 2 N–H and O–H groups in total. The number of aliphatic imine (C=N–C) groups is 1. The van der Waals surface area contributed by atoms with E-state index in [2.05, 4.69) is 30.5 Å². The van der Waals surface area contributed by atoms with Crippen molar-refractivity contribution in [2.45, 2.75) is 26.5 Å². The largest absolute Gasteiger partial charge is 0.434 e. The van der Waals surface area contributed by atoms with Crippen LogP contribution in [0, 0.1) is 0 Å². The molecule has 0 unspecified atom stereocenters. The average Bonchev–Trinajstić information content (AvgIpc) is 3.21. The molecule has 0 fully saturated rings. The van der Waals surface area contributed by atoms with Gasteiger partial charge in [-0.25, -0.2) is 4.99 Å². The van der Waals surface area contributed by atoms with Crippen LogP contribution in [0.5, 0.6) is 5.75 Å². The molecule has 1 aromatic heterocycles. The lowest BCUT2D eigenvalue weighted by Crippen LogP contribution is -2.38. The van der Waals surface area contributed by atoms with Crippen LogP contribution >= 0.6 is 11.6 Å². The normalized spacial score (nSPS) is 11.6. The van der Waals surface area contributed by atoms with Crippen LogP contribution in [-0.4, -0.2) is 35.8 Å². The van der Waals surface area contributed by atoms with Crippen LogP contribution in [0.4, 0.5) is 8.78 Å². The van der Waals surface area contributed by atoms with E-state index >= 15 is 0 Å². The van der Waals surface area contributed by atoms with E-state index in [0.717, 1.165) is 5.56 Å². The molecule has 10 heteroatoms. The summed E-state index contributed by atoms with van der Waals surface area (Å²) in [5, 5.41) is 10.8. The summed E-state index contributed by atoms with van der Waals surface area (Å²) in [6.07, 6.45) is 0.475. The summed E-state index contributed by atoms with van der Waals surface area (Å²) in [4.78, 5) is 8.81. The van der Waals surface area contributed by atoms with E-state index in [9.17, 15) is 8.78 Å². The van der Waals surface area contributed by atoms with Gasteiger partial charge in [-0.15, -0.1) is 0 Å². The Kier molecular flexibility index (Phi) is 8.17. The number of rotatable bonds is 9. The molecule has 0 saturated heterocycles. The first-order chi connectivity index (χ1) is 15.0. The Morgan fingerprint density at radius 2 is 2.03 bits per heavy atom. The highest BCUT2D eigenvalue weighted by atomic mass is 35.5. The average molecular weight is 450 g/mol. The van der Waals surface area contributed by atoms with Gasteiger partial charge in [0, 0.05) is 35.7 Å². The second kappa shape index (κ2) is 11.3. The Morgan fingerprint density at radius 1 is 1.19 bits per heavy atom. The highest BCUT2D eigenvalue weighted by molar-refractivity contribution is 6.30. The topological polar surface area (TPSA) is 84.6 Å². The van der Waals surface area contributed by atoms with Crippen molar-refractivity contribution in [3.05, 3.63) is 65.0 Å².